The van der Waals surface area contributed by atoms with Gasteiger partial charge in [0.1, 0.15) is 5.82 Å². The van der Waals surface area contributed by atoms with Gasteiger partial charge in [0.05, 0.1) is 16.3 Å². The summed E-state index contributed by atoms with van der Waals surface area (Å²) < 4.78 is 18.1. The first kappa shape index (κ1) is 18.8. The summed E-state index contributed by atoms with van der Waals surface area (Å²) in [5.41, 5.74) is 0.878. The van der Waals surface area contributed by atoms with Crippen molar-refractivity contribution in [1.82, 2.24) is 0 Å². The van der Waals surface area contributed by atoms with E-state index >= 15 is 0 Å². The van der Waals surface area contributed by atoms with Gasteiger partial charge < -0.3 is 15.0 Å². The molecule has 2 aromatic rings. The maximum absolute atomic E-state index is 13.1. The maximum Gasteiger partial charge on any atom is 0.338 e. The summed E-state index contributed by atoms with van der Waals surface area (Å²) in [5.74, 6) is -1.88. The number of anilines is 2. The zero-order valence-corrected chi connectivity index (χ0v) is 15.0. The van der Waals surface area contributed by atoms with E-state index in [0.29, 0.717) is 23.7 Å². The highest BCUT2D eigenvalue weighted by molar-refractivity contribution is 6.34. The lowest BCUT2D eigenvalue weighted by atomic mass is 10.2. The van der Waals surface area contributed by atoms with Gasteiger partial charge in [0, 0.05) is 18.7 Å². The molecule has 1 aliphatic rings. The SMILES string of the molecule is O=C(COC(=O)c1ccc(Cl)c(N2CCCC2=O)c1)Nc1cccc(F)c1. The molecule has 1 fully saturated rings. The minimum Gasteiger partial charge on any atom is -0.452 e. The molecule has 2 aromatic carbocycles. The highest BCUT2D eigenvalue weighted by atomic mass is 35.5. The fraction of sp³-hybridized carbons (Fsp3) is 0.211. The van der Waals surface area contributed by atoms with Gasteiger partial charge in [-0.1, -0.05) is 17.7 Å². The monoisotopic (exact) mass is 390 g/mol. The van der Waals surface area contributed by atoms with Crippen molar-refractivity contribution < 1.29 is 23.5 Å². The van der Waals surface area contributed by atoms with Gasteiger partial charge in [-0.2, -0.15) is 0 Å². The van der Waals surface area contributed by atoms with E-state index in [1.54, 1.807) is 0 Å². The number of ether oxygens (including phenoxy) is 1. The average Bonchev–Trinajstić information content (AvgIpc) is 3.06. The third-order valence-electron chi connectivity index (χ3n) is 3.99. The summed E-state index contributed by atoms with van der Waals surface area (Å²) in [7, 11) is 0. The van der Waals surface area contributed by atoms with Crippen molar-refractivity contribution in [3.8, 4) is 0 Å². The Labute approximate surface area is 159 Å². The molecule has 3 rings (SSSR count). The number of hydrogen-bond donors (Lipinski definition) is 1. The first-order valence-electron chi connectivity index (χ1n) is 8.26. The second-order valence-corrected chi connectivity index (χ2v) is 6.36. The van der Waals surface area contributed by atoms with Crippen LogP contribution < -0.4 is 10.2 Å². The van der Waals surface area contributed by atoms with Crippen molar-refractivity contribution in [3.63, 3.8) is 0 Å². The molecular formula is C19H16ClFN2O4. The van der Waals surface area contributed by atoms with Gasteiger partial charge in [-0.25, -0.2) is 9.18 Å². The molecule has 6 nitrogen and oxygen atoms in total. The molecule has 1 N–H and O–H groups in total. The second-order valence-electron chi connectivity index (χ2n) is 5.95. The van der Waals surface area contributed by atoms with Crippen LogP contribution in [0.4, 0.5) is 15.8 Å². The smallest absolute Gasteiger partial charge is 0.338 e. The van der Waals surface area contributed by atoms with Crippen molar-refractivity contribution in [3.05, 3.63) is 58.9 Å². The molecule has 0 spiro atoms. The molecule has 27 heavy (non-hydrogen) atoms. The van der Waals surface area contributed by atoms with Gasteiger partial charge in [0.15, 0.2) is 6.61 Å². The van der Waals surface area contributed by atoms with Crippen LogP contribution in [0.5, 0.6) is 0 Å². The Kier molecular flexibility index (Phi) is 5.71. The topological polar surface area (TPSA) is 75.7 Å². The minimum atomic E-state index is -0.728. The molecule has 1 heterocycles. The van der Waals surface area contributed by atoms with Crippen molar-refractivity contribution in [2.24, 2.45) is 0 Å². The maximum atomic E-state index is 13.1. The Morgan fingerprint density at radius 1 is 1.22 bits per heavy atom. The molecule has 0 aromatic heterocycles. The molecule has 1 aliphatic heterocycles. The summed E-state index contributed by atoms with van der Waals surface area (Å²) in [6, 6.07) is 9.80. The number of amides is 2. The van der Waals surface area contributed by atoms with E-state index in [4.69, 9.17) is 16.3 Å². The van der Waals surface area contributed by atoms with E-state index in [2.05, 4.69) is 5.32 Å². The third-order valence-corrected chi connectivity index (χ3v) is 4.31. The highest BCUT2D eigenvalue weighted by Crippen LogP contribution is 2.30. The molecule has 2 amide bonds. The molecule has 0 bridgehead atoms. The van der Waals surface area contributed by atoms with Crippen LogP contribution >= 0.6 is 11.6 Å². The summed E-state index contributed by atoms with van der Waals surface area (Å²) >= 11 is 6.14. The number of carbonyl (C=O) groups excluding carboxylic acids is 3. The lowest BCUT2D eigenvalue weighted by molar-refractivity contribution is -0.119. The van der Waals surface area contributed by atoms with E-state index < -0.39 is 24.3 Å². The molecule has 8 heteroatoms. The number of esters is 1. The quantitative estimate of drug-likeness (QED) is 0.794. The van der Waals surface area contributed by atoms with E-state index in [9.17, 15) is 18.8 Å². The van der Waals surface area contributed by atoms with E-state index in [1.165, 1.54) is 41.3 Å². The van der Waals surface area contributed by atoms with Crippen LogP contribution in [0.2, 0.25) is 5.02 Å². The molecule has 1 saturated heterocycles. The van der Waals surface area contributed by atoms with Gasteiger partial charge in [-0.05, 0) is 42.8 Å². The summed E-state index contributed by atoms with van der Waals surface area (Å²) in [6.07, 6.45) is 1.16. The highest BCUT2D eigenvalue weighted by Gasteiger charge is 2.24. The summed E-state index contributed by atoms with van der Waals surface area (Å²) in [6.45, 7) is 0.00302. The number of rotatable bonds is 5. The van der Waals surface area contributed by atoms with E-state index in [-0.39, 0.29) is 17.2 Å². The number of carbonyl (C=O) groups is 3. The van der Waals surface area contributed by atoms with Gasteiger partial charge in [-0.3, -0.25) is 9.59 Å². The fourth-order valence-electron chi connectivity index (χ4n) is 2.73. The first-order chi connectivity index (χ1) is 12.9. The van der Waals surface area contributed by atoms with Crippen LogP contribution in [-0.4, -0.2) is 30.9 Å². The van der Waals surface area contributed by atoms with Crippen molar-refractivity contribution in [2.45, 2.75) is 12.8 Å². The Bertz CT molecular complexity index is 903. The van der Waals surface area contributed by atoms with Crippen LogP contribution in [0.3, 0.4) is 0 Å². The van der Waals surface area contributed by atoms with Gasteiger partial charge >= 0.3 is 5.97 Å². The lowest BCUT2D eigenvalue weighted by Gasteiger charge is -2.18. The third kappa shape index (κ3) is 4.62. The Morgan fingerprint density at radius 2 is 2.04 bits per heavy atom. The van der Waals surface area contributed by atoms with E-state index in [0.717, 1.165) is 12.5 Å². The van der Waals surface area contributed by atoms with Gasteiger partial charge in [0.25, 0.3) is 5.91 Å². The van der Waals surface area contributed by atoms with Gasteiger partial charge in [0.2, 0.25) is 5.91 Å². The minimum absolute atomic E-state index is 0.0584. The Balaban J connectivity index is 1.62. The van der Waals surface area contributed by atoms with E-state index in [1.807, 2.05) is 0 Å². The van der Waals surface area contributed by atoms with Crippen molar-refractivity contribution >= 4 is 40.8 Å². The number of hydrogen-bond acceptors (Lipinski definition) is 4. The molecule has 0 aliphatic carbocycles. The lowest BCUT2D eigenvalue weighted by Crippen LogP contribution is -2.24. The summed E-state index contributed by atoms with van der Waals surface area (Å²) in [5, 5.41) is 2.78. The predicted molar refractivity (Wildman–Crippen MR) is 98.4 cm³/mol. The first-order valence-corrected chi connectivity index (χ1v) is 8.64. The van der Waals surface area contributed by atoms with Crippen LogP contribution in [0.15, 0.2) is 42.5 Å². The number of nitrogens with one attached hydrogen (secondary N) is 1. The molecule has 0 unspecified atom stereocenters. The molecular weight excluding hydrogens is 375 g/mol. The standard InChI is InChI=1S/C19H16ClFN2O4/c20-15-7-6-12(9-16(15)23-8-2-5-18(23)25)19(26)27-11-17(24)22-14-4-1-3-13(21)10-14/h1,3-4,6-7,9-10H,2,5,8,11H2,(H,22,24). The van der Waals surface area contributed by atoms with Crippen LogP contribution in [0.25, 0.3) is 0 Å². The Hall–Kier alpha value is -2.93. The average molecular weight is 391 g/mol. The predicted octanol–water partition coefficient (Wildman–Crippen LogP) is 3.40. The van der Waals surface area contributed by atoms with Crippen molar-refractivity contribution in [1.29, 1.82) is 0 Å². The zero-order chi connectivity index (χ0) is 19.4. The number of benzene rings is 2. The summed E-state index contributed by atoms with van der Waals surface area (Å²) in [4.78, 5) is 37.5. The Morgan fingerprint density at radius 3 is 2.74 bits per heavy atom. The zero-order valence-electron chi connectivity index (χ0n) is 14.2. The molecule has 0 radical (unpaired) electrons. The number of halogens is 2. The van der Waals surface area contributed by atoms with Crippen LogP contribution in [0, 0.1) is 5.82 Å². The largest absolute Gasteiger partial charge is 0.452 e. The normalized spacial score (nSPS) is 13.6. The van der Waals surface area contributed by atoms with Crippen LogP contribution in [0.1, 0.15) is 23.2 Å². The molecule has 0 atom stereocenters. The fourth-order valence-corrected chi connectivity index (χ4v) is 2.95. The van der Waals surface area contributed by atoms with Crippen molar-refractivity contribution in [2.75, 3.05) is 23.4 Å². The van der Waals surface area contributed by atoms with Gasteiger partial charge in [-0.15, -0.1) is 0 Å². The number of nitrogens with zero attached hydrogens (tertiary/aromatic N) is 1. The molecule has 140 valence electrons. The van der Waals surface area contributed by atoms with Crippen LogP contribution in [-0.2, 0) is 14.3 Å². The second kappa shape index (κ2) is 8.18. The molecule has 0 saturated carbocycles.